The van der Waals surface area contributed by atoms with Crippen LogP contribution >= 0.6 is 11.6 Å². The van der Waals surface area contributed by atoms with Crippen molar-refractivity contribution < 1.29 is 22.5 Å². The van der Waals surface area contributed by atoms with Gasteiger partial charge in [0.25, 0.3) is 0 Å². The molecule has 0 atom stereocenters. The lowest BCUT2D eigenvalue weighted by Gasteiger charge is -2.11. The van der Waals surface area contributed by atoms with Gasteiger partial charge in [0, 0.05) is 23.8 Å². The highest BCUT2D eigenvalue weighted by Gasteiger charge is 2.30. The quantitative estimate of drug-likeness (QED) is 0.766. The highest BCUT2D eigenvalue weighted by atomic mass is 35.5. The van der Waals surface area contributed by atoms with Crippen LogP contribution in [-0.2, 0) is 9.84 Å². The number of ketones is 1. The Hall–Kier alpha value is -1.86. The van der Waals surface area contributed by atoms with Gasteiger partial charge in [-0.1, -0.05) is 16.8 Å². The summed E-state index contributed by atoms with van der Waals surface area (Å²) in [6.45, 7) is 0. The van der Waals surface area contributed by atoms with Gasteiger partial charge in [0.2, 0.25) is 5.78 Å². The van der Waals surface area contributed by atoms with Gasteiger partial charge in [0.15, 0.2) is 21.3 Å². The predicted octanol–water partition coefficient (Wildman–Crippen LogP) is 2.85. The number of halogens is 1. The van der Waals surface area contributed by atoms with Gasteiger partial charge >= 0.3 is 0 Å². The molecule has 8 heteroatoms. The highest BCUT2D eigenvalue weighted by molar-refractivity contribution is 7.90. The van der Waals surface area contributed by atoms with Crippen molar-refractivity contribution >= 4 is 27.2 Å². The number of nitrogens with zero attached hydrogens (tertiary/aromatic N) is 1. The van der Waals surface area contributed by atoms with Crippen LogP contribution in [0.15, 0.2) is 27.6 Å². The molecule has 0 bridgehead atoms. The average molecular weight is 356 g/mol. The van der Waals surface area contributed by atoms with Gasteiger partial charge in [-0.25, -0.2) is 8.42 Å². The SMILES string of the molecule is COc1c(S(C)(=O)=O)ccc(C(=O)c2cc(C3CC3)on2)c1Cl. The molecule has 1 aliphatic carbocycles. The van der Waals surface area contributed by atoms with Crippen molar-refractivity contribution in [3.63, 3.8) is 0 Å². The van der Waals surface area contributed by atoms with Gasteiger partial charge in [-0.2, -0.15) is 0 Å². The first-order valence-electron chi connectivity index (χ1n) is 6.90. The summed E-state index contributed by atoms with van der Waals surface area (Å²) in [5, 5.41) is 3.72. The van der Waals surface area contributed by atoms with Crippen LogP contribution in [-0.4, -0.2) is 32.7 Å². The van der Waals surface area contributed by atoms with Crippen molar-refractivity contribution in [2.75, 3.05) is 13.4 Å². The number of sulfone groups is 1. The number of benzene rings is 1. The average Bonchev–Trinajstić information content (AvgIpc) is 3.22. The maximum Gasteiger partial charge on any atom is 0.216 e. The van der Waals surface area contributed by atoms with E-state index >= 15 is 0 Å². The smallest absolute Gasteiger partial charge is 0.216 e. The Bertz CT molecular complexity index is 883. The van der Waals surface area contributed by atoms with Gasteiger partial charge in [0.1, 0.15) is 10.7 Å². The minimum Gasteiger partial charge on any atom is -0.494 e. The molecule has 0 saturated heterocycles. The van der Waals surface area contributed by atoms with E-state index in [0.717, 1.165) is 19.1 Å². The fourth-order valence-corrected chi connectivity index (χ4v) is 3.51. The molecule has 1 aromatic heterocycles. The summed E-state index contributed by atoms with van der Waals surface area (Å²) in [7, 11) is -2.23. The number of ether oxygens (including phenoxy) is 1. The number of hydrogen-bond donors (Lipinski definition) is 0. The highest BCUT2D eigenvalue weighted by Crippen LogP contribution is 2.41. The lowest BCUT2D eigenvalue weighted by molar-refractivity contribution is 0.103. The Balaban J connectivity index is 2.03. The van der Waals surface area contributed by atoms with Crippen LogP contribution in [0.3, 0.4) is 0 Å². The van der Waals surface area contributed by atoms with Crippen molar-refractivity contribution in [2.45, 2.75) is 23.7 Å². The van der Waals surface area contributed by atoms with E-state index in [0.29, 0.717) is 11.7 Å². The van der Waals surface area contributed by atoms with Gasteiger partial charge < -0.3 is 9.26 Å². The zero-order valence-electron chi connectivity index (χ0n) is 12.5. The molecule has 1 aliphatic rings. The first-order chi connectivity index (χ1) is 10.8. The lowest BCUT2D eigenvalue weighted by Crippen LogP contribution is -2.07. The van der Waals surface area contributed by atoms with Gasteiger partial charge in [-0.05, 0) is 25.0 Å². The molecule has 0 radical (unpaired) electrons. The maximum absolute atomic E-state index is 12.5. The summed E-state index contributed by atoms with van der Waals surface area (Å²) in [5.41, 5.74) is 0.259. The monoisotopic (exact) mass is 355 g/mol. The van der Waals surface area contributed by atoms with Crippen molar-refractivity contribution in [3.05, 3.63) is 40.2 Å². The molecular weight excluding hydrogens is 342 g/mol. The minimum absolute atomic E-state index is 0.0501. The van der Waals surface area contributed by atoms with E-state index < -0.39 is 15.6 Å². The Morgan fingerprint density at radius 3 is 2.65 bits per heavy atom. The van der Waals surface area contributed by atoms with E-state index in [-0.39, 0.29) is 26.9 Å². The van der Waals surface area contributed by atoms with E-state index in [1.54, 1.807) is 6.07 Å². The van der Waals surface area contributed by atoms with Crippen molar-refractivity contribution in [1.29, 1.82) is 0 Å². The Morgan fingerprint density at radius 2 is 2.09 bits per heavy atom. The van der Waals surface area contributed by atoms with Crippen molar-refractivity contribution in [1.82, 2.24) is 5.16 Å². The normalized spacial score (nSPS) is 14.7. The maximum atomic E-state index is 12.5. The third-order valence-electron chi connectivity index (χ3n) is 3.65. The fraction of sp³-hybridized carbons (Fsp3) is 0.333. The summed E-state index contributed by atoms with van der Waals surface area (Å²) in [6.07, 6.45) is 3.10. The van der Waals surface area contributed by atoms with Crippen LogP contribution in [0.25, 0.3) is 0 Å². The second-order valence-corrected chi connectivity index (χ2v) is 7.81. The molecule has 2 aromatic rings. The third-order valence-corrected chi connectivity index (χ3v) is 5.15. The zero-order chi connectivity index (χ0) is 16.8. The van der Waals surface area contributed by atoms with E-state index in [4.69, 9.17) is 20.9 Å². The molecule has 1 aromatic carbocycles. The van der Waals surface area contributed by atoms with E-state index in [9.17, 15) is 13.2 Å². The molecule has 0 amide bonds. The second-order valence-electron chi connectivity index (χ2n) is 5.45. The summed E-state index contributed by atoms with van der Waals surface area (Å²) >= 11 is 6.18. The standard InChI is InChI=1S/C15H14ClNO5S/c1-21-15-12(23(2,19)20)6-5-9(13(15)16)14(18)10-7-11(22-17-10)8-3-4-8/h5-8H,3-4H2,1-2H3. The van der Waals surface area contributed by atoms with Crippen LogP contribution in [0.5, 0.6) is 5.75 Å². The lowest BCUT2D eigenvalue weighted by atomic mass is 10.1. The van der Waals surface area contributed by atoms with E-state index in [1.807, 2.05) is 0 Å². The molecule has 3 rings (SSSR count). The van der Waals surface area contributed by atoms with Crippen LogP contribution in [0.2, 0.25) is 5.02 Å². The summed E-state index contributed by atoms with van der Waals surface area (Å²) < 4.78 is 33.7. The van der Waals surface area contributed by atoms with Crippen molar-refractivity contribution in [2.24, 2.45) is 0 Å². The fourth-order valence-electron chi connectivity index (χ4n) is 2.29. The molecule has 6 nitrogen and oxygen atoms in total. The first kappa shape index (κ1) is 16.0. The number of carbonyl (C=O) groups excluding carboxylic acids is 1. The Morgan fingerprint density at radius 1 is 1.39 bits per heavy atom. The molecule has 122 valence electrons. The number of carbonyl (C=O) groups is 1. The second kappa shape index (κ2) is 5.65. The van der Waals surface area contributed by atoms with Crippen molar-refractivity contribution in [3.8, 4) is 5.75 Å². The largest absolute Gasteiger partial charge is 0.494 e. The molecule has 23 heavy (non-hydrogen) atoms. The number of methoxy groups -OCH3 is 1. The summed E-state index contributed by atoms with van der Waals surface area (Å²) in [6, 6.07) is 4.26. The Kier molecular flexibility index (Phi) is 3.93. The van der Waals surface area contributed by atoms with Gasteiger partial charge in [-0.3, -0.25) is 4.79 Å². The van der Waals surface area contributed by atoms with Crippen LogP contribution in [0.4, 0.5) is 0 Å². The van der Waals surface area contributed by atoms with Crippen LogP contribution < -0.4 is 4.74 Å². The first-order valence-corrected chi connectivity index (χ1v) is 9.17. The van der Waals surface area contributed by atoms with Crippen LogP contribution in [0.1, 0.15) is 40.6 Å². The third kappa shape index (κ3) is 2.98. The predicted molar refractivity (Wildman–Crippen MR) is 83.0 cm³/mol. The van der Waals surface area contributed by atoms with Gasteiger partial charge in [0.05, 0.1) is 12.1 Å². The minimum atomic E-state index is -3.53. The molecule has 1 saturated carbocycles. The molecule has 1 heterocycles. The molecule has 0 spiro atoms. The molecule has 0 unspecified atom stereocenters. The molecular formula is C15H14ClNO5S. The number of rotatable bonds is 5. The summed E-state index contributed by atoms with van der Waals surface area (Å²) in [5.74, 6) is 0.529. The molecule has 1 fully saturated rings. The molecule has 0 aliphatic heterocycles. The number of aromatic nitrogens is 1. The summed E-state index contributed by atoms with van der Waals surface area (Å²) in [4.78, 5) is 12.5. The molecule has 0 N–H and O–H groups in total. The van der Waals surface area contributed by atoms with E-state index in [2.05, 4.69) is 5.16 Å². The topological polar surface area (TPSA) is 86.5 Å². The van der Waals surface area contributed by atoms with E-state index in [1.165, 1.54) is 19.2 Å². The zero-order valence-corrected chi connectivity index (χ0v) is 14.1. The number of hydrogen-bond acceptors (Lipinski definition) is 6. The van der Waals surface area contributed by atoms with Crippen LogP contribution in [0, 0.1) is 0 Å². The Labute approximate surface area is 138 Å². The van der Waals surface area contributed by atoms with Gasteiger partial charge in [-0.15, -0.1) is 0 Å².